The predicted molar refractivity (Wildman–Crippen MR) is 330 cm³/mol. The summed E-state index contributed by atoms with van der Waals surface area (Å²) in [5.41, 5.74) is -3.29. The molecule has 0 aromatic carbocycles. The summed E-state index contributed by atoms with van der Waals surface area (Å²) in [6.07, 6.45) is -45.3. The topological polar surface area (TPSA) is 512 Å². The van der Waals surface area contributed by atoms with Crippen LogP contribution in [0.3, 0.4) is 0 Å². The number of hydrogen-bond acceptors (Lipinski definition) is 32. The quantitative estimate of drug-likeness (QED) is 0.0287. The van der Waals surface area contributed by atoms with Crippen LogP contribution in [0.1, 0.15) is 127 Å². The van der Waals surface area contributed by atoms with Crippen molar-refractivity contribution in [3.8, 4) is 0 Å². The smallest absolute Gasteiger partial charge is 0.335 e. The zero-order valence-electron chi connectivity index (χ0n) is 57.5. The first kappa shape index (κ1) is 77.9. The molecule has 6 aliphatic heterocycles. The van der Waals surface area contributed by atoms with Crippen molar-refractivity contribution in [3.63, 3.8) is 0 Å². The van der Waals surface area contributed by atoms with Crippen LogP contribution in [0, 0.1) is 50.2 Å². The van der Waals surface area contributed by atoms with E-state index in [4.69, 9.17) is 61.6 Å². The molecule has 33 heteroatoms. The maximum Gasteiger partial charge on any atom is 0.335 e. The van der Waals surface area contributed by atoms with Gasteiger partial charge in [0.15, 0.2) is 43.7 Å². The van der Waals surface area contributed by atoms with Crippen LogP contribution in [0.15, 0.2) is 11.6 Å². The van der Waals surface area contributed by atoms with Crippen LogP contribution in [0.2, 0.25) is 0 Å². The van der Waals surface area contributed by atoms with Gasteiger partial charge in [-0.05, 0) is 117 Å². The first-order valence-corrected chi connectivity index (χ1v) is 34.9. The number of carbonyl (C=O) groups is 4. The number of ether oxygens (including phenoxy) is 13. The molecule has 11 rings (SSSR count). The average Bonchev–Trinajstić information content (AvgIpc) is 0.675. The van der Waals surface area contributed by atoms with Crippen molar-refractivity contribution in [1.82, 2.24) is 0 Å². The molecule has 16 N–H and O–H groups in total. The number of allylic oxidation sites excluding steroid dienone is 2. The van der Waals surface area contributed by atoms with Gasteiger partial charge in [0.25, 0.3) is 0 Å². The van der Waals surface area contributed by atoms with Crippen LogP contribution in [0.4, 0.5) is 0 Å². The number of aldehydes is 1. The number of aliphatic carboxylic acids is 1. The van der Waals surface area contributed by atoms with Crippen LogP contribution in [0.5, 0.6) is 0 Å². The normalized spacial score (nSPS) is 53.2. The third kappa shape index (κ3) is 13.5. The second kappa shape index (κ2) is 29.2. The van der Waals surface area contributed by atoms with E-state index in [0.29, 0.717) is 57.8 Å². The van der Waals surface area contributed by atoms with E-state index in [9.17, 15) is 96.1 Å². The number of aliphatic hydroxyl groups is 15. The molecule has 6 saturated heterocycles. The van der Waals surface area contributed by atoms with Gasteiger partial charge < -0.3 is 148 Å². The Labute approximate surface area is 577 Å². The zero-order chi connectivity index (χ0) is 73.2. The minimum atomic E-state index is -2.11. The Balaban J connectivity index is 0.844. The number of fused-ring (bicyclic) bond motifs is 7. The highest BCUT2D eigenvalue weighted by Gasteiger charge is 2.71. The fourth-order valence-electron chi connectivity index (χ4n) is 19.1. The molecule has 0 radical (unpaired) electrons. The van der Waals surface area contributed by atoms with Crippen molar-refractivity contribution >= 4 is 24.2 Å². The van der Waals surface area contributed by atoms with Crippen molar-refractivity contribution in [2.75, 3.05) is 19.8 Å². The molecule has 10 fully saturated rings. The number of rotatable bonds is 17. The van der Waals surface area contributed by atoms with E-state index in [-0.39, 0.29) is 23.7 Å². The number of esters is 2. The second-order valence-electron chi connectivity index (χ2n) is 31.7. The molecule has 11 aliphatic rings. The lowest BCUT2D eigenvalue weighted by molar-refractivity contribution is -0.394. The summed E-state index contributed by atoms with van der Waals surface area (Å²) >= 11 is 0. The molecule has 33 nitrogen and oxygen atoms in total. The molecule has 6 heterocycles. The number of hydrogen-bond donors (Lipinski definition) is 16. The fourth-order valence-corrected chi connectivity index (χ4v) is 19.1. The van der Waals surface area contributed by atoms with Crippen LogP contribution in [-0.2, 0) is 80.8 Å². The molecule has 5 aliphatic carbocycles. The minimum Gasteiger partial charge on any atom is -0.479 e. The van der Waals surface area contributed by atoms with Gasteiger partial charge in [0.05, 0.1) is 42.4 Å². The first-order chi connectivity index (χ1) is 46.8. The largest absolute Gasteiger partial charge is 0.479 e. The Morgan fingerprint density at radius 2 is 1.12 bits per heavy atom. The van der Waals surface area contributed by atoms with Gasteiger partial charge in [-0.2, -0.15) is 0 Å². The maximum absolute atomic E-state index is 15.8. The molecule has 0 aromatic rings. The van der Waals surface area contributed by atoms with E-state index in [0.717, 1.165) is 18.8 Å². The Kier molecular flexibility index (Phi) is 22.7. The standard InChI is InChI=1S/C67H104O33/c1-25-36(72)42(78)52(99-58-48(84)50(49(26(2)91-58)95-55-45(81)37(73)30(71)22-89-55)96-57-47(83)41(77)39(75)32(93-57)23-88-27(3)70)59(90-25)100-61(87)67-18-16-62(4,5)20-29(67)28-10-11-34-63(6)14-13-35(64(7,24-69)33(63)12-15-66(34,9)65(28,8)17-19-67)94-60-53(44(80)43(79)51(97-60)54(85)86)98-56-46(82)40(76)38(74)31(21-68)92-56/h10,24-26,29-53,55-60,68,71-84H,11-23H2,1-9H3,(H,85,86). The summed E-state index contributed by atoms with van der Waals surface area (Å²) in [7, 11) is 0. The molecule has 38 unspecified atom stereocenters. The van der Waals surface area contributed by atoms with Gasteiger partial charge in [-0.3, -0.25) is 9.59 Å². The Morgan fingerprint density at radius 3 is 1.75 bits per heavy atom. The SMILES string of the molecule is CC(=O)OCC1OC(OC2C(O)C(OC3C(OC(=O)C45CCC(C)(C)CC4C4=CCC6C7(C)CCC(OC8OC(C(=O)O)C(O)C(O)C8OC8OC(CO)C(O)C(O)C8O)C(C)(C=O)C7CCC6(C)C4(C)CC5)OC(C)C(O)C3O)OC(C)C2OC2OCC(O)C(O)C2O)C(O)C(O)C1O. The van der Waals surface area contributed by atoms with E-state index < -0.39 is 255 Å². The minimum absolute atomic E-state index is 0.0710. The predicted octanol–water partition coefficient (Wildman–Crippen LogP) is -3.85. The number of carboxylic acids is 1. The van der Waals surface area contributed by atoms with Crippen LogP contribution in [-0.4, -0.2) is 310 Å². The van der Waals surface area contributed by atoms with Crippen LogP contribution < -0.4 is 0 Å². The van der Waals surface area contributed by atoms with E-state index in [1.807, 2.05) is 0 Å². The van der Waals surface area contributed by atoms with Crippen molar-refractivity contribution in [3.05, 3.63) is 11.6 Å². The fraction of sp³-hybridized carbons (Fsp3) is 0.910. The third-order valence-electron chi connectivity index (χ3n) is 25.4. The van der Waals surface area contributed by atoms with E-state index in [1.165, 1.54) is 13.8 Å². The first-order valence-electron chi connectivity index (χ1n) is 34.9. The molecular formula is C67H104O33. The van der Waals surface area contributed by atoms with Crippen LogP contribution in [0.25, 0.3) is 0 Å². The van der Waals surface area contributed by atoms with E-state index in [2.05, 4.69) is 40.7 Å². The van der Waals surface area contributed by atoms with Crippen molar-refractivity contribution in [2.45, 2.75) is 311 Å². The molecule has 0 bridgehead atoms. The summed E-state index contributed by atoms with van der Waals surface area (Å²) in [6, 6.07) is 0. The summed E-state index contributed by atoms with van der Waals surface area (Å²) < 4.78 is 77.9. The molecule has 100 heavy (non-hydrogen) atoms. The Bertz CT molecular complexity index is 2940. The third-order valence-corrected chi connectivity index (χ3v) is 25.4. The van der Waals surface area contributed by atoms with E-state index in [1.54, 1.807) is 6.92 Å². The van der Waals surface area contributed by atoms with Gasteiger partial charge in [-0.15, -0.1) is 0 Å². The Hall–Kier alpha value is -3.22. The van der Waals surface area contributed by atoms with Gasteiger partial charge in [-0.1, -0.05) is 53.2 Å². The van der Waals surface area contributed by atoms with Crippen LogP contribution >= 0.6 is 0 Å². The monoisotopic (exact) mass is 1440 g/mol. The lowest BCUT2D eigenvalue weighted by atomic mass is 9.33. The molecule has 570 valence electrons. The number of aliphatic hydroxyl groups excluding tert-OH is 15. The average molecular weight is 1440 g/mol. The molecule has 0 amide bonds. The van der Waals surface area contributed by atoms with Gasteiger partial charge in [0.1, 0.15) is 129 Å². The highest BCUT2D eigenvalue weighted by molar-refractivity contribution is 5.79. The molecule has 0 aromatic heterocycles. The highest BCUT2D eigenvalue weighted by atomic mass is 16.8. The molecular weight excluding hydrogens is 1330 g/mol. The highest BCUT2D eigenvalue weighted by Crippen LogP contribution is 2.76. The van der Waals surface area contributed by atoms with Gasteiger partial charge in [0, 0.05) is 6.92 Å². The summed E-state index contributed by atoms with van der Waals surface area (Å²) in [6.45, 7) is 14.7. The molecule has 38 atom stereocenters. The van der Waals surface area contributed by atoms with Crippen molar-refractivity contribution in [2.24, 2.45) is 50.2 Å². The Morgan fingerprint density at radius 1 is 0.550 bits per heavy atom. The summed E-state index contributed by atoms with van der Waals surface area (Å²) in [5.74, 6) is -3.96. The molecule has 0 spiro atoms. The molecule has 4 saturated carbocycles. The van der Waals surface area contributed by atoms with Gasteiger partial charge in [-0.25, -0.2) is 4.79 Å². The second-order valence-corrected chi connectivity index (χ2v) is 31.7. The number of carbonyl (C=O) groups excluding carboxylic acids is 3. The van der Waals surface area contributed by atoms with Gasteiger partial charge in [0.2, 0.25) is 6.29 Å². The van der Waals surface area contributed by atoms with Crippen molar-refractivity contribution < 1.29 is 162 Å². The maximum atomic E-state index is 15.8. The number of carboxylic acid groups (broad SMARTS) is 1. The zero-order valence-corrected chi connectivity index (χ0v) is 57.5. The summed E-state index contributed by atoms with van der Waals surface area (Å²) in [5, 5.41) is 175. The summed E-state index contributed by atoms with van der Waals surface area (Å²) in [4.78, 5) is 54.0. The lowest BCUT2D eigenvalue weighted by Crippen LogP contribution is -2.68. The lowest BCUT2D eigenvalue weighted by Gasteiger charge is -2.71. The van der Waals surface area contributed by atoms with E-state index >= 15 is 4.79 Å². The van der Waals surface area contributed by atoms with Gasteiger partial charge >= 0.3 is 17.9 Å². The van der Waals surface area contributed by atoms with Crippen molar-refractivity contribution in [1.29, 1.82) is 0 Å².